The van der Waals surface area contributed by atoms with E-state index in [4.69, 9.17) is 4.74 Å². The number of phenolic OH excluding ortho intramolecular Hbond substituents is 1. The lowest BCUT2D eigenvalue weighted by Gasteiger charge is -2.13. The highest BCUT2D eigenvalue weighted by Crippen LogP contribution is 2.33. The molecule has 1 N–H and O–H groups in total. The van der Waals surface area contributed by atoms with Crippen LogP contribution in [0.5, 0.6) is 11.5 Å². The smallest absolute Gasteiger partial charge is 0.199 e. The van der Waals surface area contributed by atoms with Gasteiger partial charge < -0.3 is 9.84 Å². The Labute approximate surface area is 158 Å². The first kappa shape index (κ1) is 20.6. The lowest BCUT2D eigenvalue weighted by Crippen LogP contribution is -2.03. The second-order valence-electron chi connectivity index (χ2n) is 5.93. The third-order valence-corrected chi connectivity index (χ3v) is 5.32. The predicted molar refractivity (Wildman–Crippen MR) is 100 cm³/mol. The van der Waals surface area contributed by atoms with Crippen molar-refractivity contribution in [2.75, 3.05) is 6.61 Å². The minimum atomic E-state index is -3.78. The Hall–Kier alpha value is -2.67. The van der Waals surface area contributed by atoms with Gasteiger partial charge in [-0.15, -0.1) is 0 Å². The van der Waals surface area contributed by atoms with Gasteiger partial charge in [0.2, 0.25) is 0 Å². The van der Waals surface area contributed by atoms with Gasteiger partial charge in [-0.1, -0.05) is 19.4 Å². The maximum atomic E-state index is 13.2. The average molecular weight is 392 g/mol. The zero-order valence-electron chi connectivity index (χ0n) is 15.1. The number of phenols is 1. The van der Waals surface area contributed by atoms with Crippen LogP contribution < -0.4 is 4.74 Å². The summed E-state index contributed by atoms with van der Waals surface area (Å²) in [5.41, 5.74) is 0.724. The topological polar surface area (TPSA) is 80.7 Å². The molecule has 0 radical (unpaired) electrons. The normalized spacial score (nSPS) is 11.7. The molecule has 0 aliphatic rings. The van der Waals surface area contributed by atoms with E-state index in [9.17, 15) is 22.7 Å². The highest BCUT2D eigenvalue weighted by atomic mass is 32.2. The minimum absolute atomic E-state index is 0.0654. The molecule has 27 heavy (non-hydrogen) atoms. The standard InChI is InChI=1S/C20H21FO5S/c1-3-6-18-19(10-9-17(14(2)22)20(18)23)26-11-5-12-27(24,25)16-8-4-7-15(21)13-16/h4-5,7-10,12-13,23H,3,6,11H2,1-2H3. The molecule has 0 unspecified atom stereocenters. The van der Waals surface area contributed by atoms with Gasteiger partial charge in [0.05, 0.1) is 10.5 Å². The highest BCUT2D eigenvalue weighted by Gasteiger charge is 2.16. The number of Topliss-reactive ketones (excluding diaryl/α,β-unsaturated/α-hetero) is 1. The van der Waals surface area contributed by atoms with Crippen LogP contribution in [0.1, 0.15) is 36.2 Å². The van der Waals surface area contributed by atoms with Crippen LogP contribution >= 0.6 is 0 Å². The summed E-state index contributed by atoms with van der Waals surface area (Å²) in [6.07, 6.45) is 2.54. The Balaban J connectivity index is 2.16. The van der Waals surface area contributed by atoms with Gasteiger partial charge in [-0.05, 0) is 49.8 Å². The van der Waals surface area contributed by atoms with E-state index in [0.717, 1.165) is 24.0 Å². The van der Waals surface area contributed by atoms with Crippen molar-refractivity contribution >= 4 is 15.6 Å². The summed E-state index contributed by atoms with van der Waals surface area (Å²) in [7, 11) is -3.78. The fraction of sp³-hybridized carbons (Fsp3) is 0.250. The van der Waals surface area contributed by atoms with Gasteiger partial charge >= 0.3 is 0 Å². The van der Waals surface area contributed by atoms with Crippen molar-refractivity contribution in [3.8, 4) is 11.5 Å². The third-order valence-electron chi connectivity index (χ3n) is 3.85. The van der Waals surface area contributed by atoms with Crippen LogP contribution in [0.4, 0.5) is 4.39 Å². The molecule has 144 valence electrons. The summed E-state index contributed by atoms with van der Waals surface area (Å²) < 4.78 is 43.1. The number of ketones is 1. The molecule has 0 aliphatic heterocycles. The molecule has 0 fully saturated rings. The quantitative estimate of drug-likeness (QED) is 0.686. The number of hydrogen-bond acceptors (Lipinski definition) is 5. The van der Waals surface area contributed by atoms with Gasteiger partial charge in [0.25, 0.3) is 0 Å². The maximum Gasteiger partial charge on any atom is 0.199 e. The van der Waals surface area contributed by atoms with Crippen molar-refractivity contribution < 1.29 is 27.4 Å². The van der Waals surface area contributed by atoms with Crippen LogP contribution in [-0.2, 0) is 16.3 Å². The molecule has 0 aromatic heterocycles. The summed E-state index contributed by atoms with van der Waals surface area (Å²) in [6, 6.07) is 7.79. The zero-order chi connectivity index (χ0) is 20.0. The monoisotopic (exact) mass is 392 g/mol. The molecule has 2 rings (SSSR count). The van der Waals surface area contributed by atoms with Crippen LogP contribution in [0, 0.1) is 5.82 Å². The Kier molecular flexibility index (Phi) is 6.74. The molecule has 0 heterocycles. The summed E-state index contributed by atoms with van der Waals surface area (Å²) in [5, 5.41) is 11.2. The molecule has 0 atom stereocenters. The number of hydrogen-bond donors (Lipinski definition) is 1. The predicted octanol–water partition coefficient (Wildman–Crippen LogP) is 4.05. The summed E-state index contributed by atoms with van der Waals surface area (Å²) in [5.74, 6) is -0.617. The van der Waals surface area contributed by atoms with E-state index < -0.39 is 15.7 Å². The highest BCUT2D eigenvalue weighted by molar-refractivity contribution is 7.94. The third kappa shape index (κ3) is 5.17. The summed E-state index contributed by atoms with van der Waals surface area (Å²) in [4.78, 5) is 11.4. The maximum absolute atomic E-state index is 13.2. The Morgan fingerprint density at radius 3 is 2.63 bits per heavy atom. The van der Waals surface area contributed by atoms with E-state index in [0.29, 0.717) is 17.7 Å². The van der Waals surface area contributed by atoms with E-state index in [1.807, 2.05) is 6.92 Å². The van der Waals surface area contributed by atoms with Crippen molar-refractivity contribution in [1.82, 2.24) is 0 Å². The first-order chi connectivity index (χ1) is 12.8. The SMILES string of the molecule is CCCc1c(OCC=CS(=O)(=O)c2cccc(F)c2)ccc(C(C)=O)c1O. The Morgan fingerprint density at radius 2 is 2.00 bits per heavy atom. The van der Waals surface area contributed by atoms with Crippen LogP contribution in [0.25, 0.3) is 0 Å². The molecular formula is C20H21FO5S. The first-order valence-corrected chi connectivity index (χ1v) is 9.96. The molecule has 0 saturated heterocycles. The second kappa shape index (κ2) is 8.81. The van der Waals surface area contributed by atoms with Gasteiger partial charge in [-0.3, -0.25) is 4.79 Å². The molecule has 0 saturated carbocycles. The van der Waals surface area contributed by atoms with Gasteiger partial charge in [0.1, 0.15) is 23.9 Å². The van der Waals surface area contributed by atoms with Gasteiger partial charge in [0, 0.05) is 11.0 Å². The van der Waals surface area contributed by atoms with Gasteiger partial charge in [-0.2, -0.15) is 0 Å². The number of sulfone groups is 1. The van der Waals surface area contributed by atoms with Crippen molar-refractivity contribution in [1.29, 1.82) is 0 Å². The molecule has 2 aromatic carbocycles. The second-order valence-corrected chi connectivity index (χ2v) is 7.76. The Bertz CT molecular complexity index is 964. The van der Waals surface area contributed by atoms with E-state index in [-0.39, 0.29) is 28.6 Å². The first-order valence-electron chi connectivity index (χ1n) is 8.42. The Morgan fingerprint density at radius 1 is 1.26 bits per heavy atom. The van der Waals surface area contributed by atoms with Crippen LogP contribution in [0.3, 0.4) is 0 Å². The lowest BCUT2D eigenvalue weighted by molar-refractivity contribution is 0.101. The van der Waals surface area contributed by atoms with Crippen LogP contribution in [0.15, 0.2) is 52.8 Å². The number of aromatic hydroxyl groups is 1. The minimum Gasteiger partial charge on any atom is -0.507 e. The fourth-order valence-corrected chi connectivity index (χ4v) is 3.59. The number of carbonyl (C=O) groups excluding carboxylic acids is 1. The number of ether oxygens (including phenoxy) is 1. The number of carbonyl (C=O) groups is 1. The van der Waals surface area contributed by atoms with Gasteiger partial charge in [-0.25, -0.2) is 12.8 Å². The fourth-order valence-electron chi connectivity index (χ4n) is 2.56. The number of rotatable bonds is 8. The zero-order valence-corrected chi connectivity index (χ0v) is 15.9. The number of halogens is 1. The molecule has 5 nitrogen and oxygen atoms in total. The van der Waals surface area contributed by atoms with Crippen LogP contribution in [0.2, 0.25) is 0 Å². The number of benzene rings is 2. The van der Waals surface area contributed by atoms with E-state index in [1.165, 1.54) is 31.2 Å². The van der Waals surface area contributed by atoms with Crippen molar-refractivity contribution in [2.24, 2.45) is 0 Å². The van der Waals surface area contributed by atoms with Gasteiger partial charge in [0.15, 0.2) is 15.6 Å². The molecule has 0 bridgehead atoms. The van der Waals surface area contributed by atoms with E-state index in [1.54, 1.807) is 6.07 Å². The lowest BCUT2D eigenvalue weighted by atomic mass is 10.0. The van der Waals surface area contributed by atoms with Crippen LogP contribution in [-0.4, -0.2) is 25.9 Å². The van der Waals surface area contributed by atoms with E-state index >= 15 is 0 Å². The molecule has 0 amide bonds. The van der Waals surface area contributed by atoms with E-state index in [2.05, 4.69) is 0 Å². The molecule has 0 aliphatic carbocycles. The van der Waals surface area contributed by atoms with Crippen molar-refractivity contribution in [3.05, 3.63) is 64.8 Å². The molecular weight excluding hydrogens is 371 g/mol. The summed E-state index contributed by atoms with van der Waals surface area (Å²) >= 11 is 0. The average Bonchev–Trinajstić information content (AvgIpc) is 2.61. The molecule has 2 aromatic rings. The van der Waals surface area contributed by atoms with Crippen molar-refractivity contribution in [3.63, 3.8) is 0 Å². The molecule has 0 spiro atoms. The largest absolute Gasteiger partial charge is 0.507 e. The van der Waals surface area contributed by atoms with Crippen molar-refractivity contribution in [2.45, 2.75) is 31.6 Å². The summed E-state index contributed by atoms with van der Waals surface area (Å²) in [6.45, 7) is 3.23. The molecule has 7 heteroatoms.